The monoisotopic (exact) mass is 262 g/mol. The Morgan fingerprint density at radius 3 is 2.79 bits per heavy atom. The van der Waals surface area contributed by atoms with Gasteiger partial charge in [0.2, 0.25) is 5.95 Å². The van der Waals surface area contributed by atoms with E-state index < -0.39 is 0 Å². The summed E-state index contributed by atoms with van der Waals surface area (Å²) >= 11 is 0. The van der Waals surface area contributed by atoms with Crippen LogP contribution in [0.2, 0.25) is 0 Å². The van der Waals surface area contributed by atoms with Crippen LogP contribution in [0.15, 0.2) is 12.4 Å². The van der Waals surface area contributed by atoms with E-state index in [0.717, 1.165) is 18.5 Å². The number of hydrogen-bond acceptors (Lipinski definition) is 6. The third-order valence-electron chi connectivity index (χ3n) is 2.46. The molecule has 0 atom stereocenters. The highest BCUT2D eigenvalue weighted by molar-refractivity contribution is 5.54. The van der Waals surface area contributed by atoms with Crippen LogP contribution in [0.4, 0.5) is 5.95 Å². The van der Waals surface area contributed by atoms with Gasteiger partial charge in [0.05, 0.1) is 18.4 Å². The molecule has 0 unspecified atom stereocenters. The molecule has 0 aliphatic heterocycles. The third-order valence-corrected chi connectivity index (χ3v) is 2.46. The largest absolute Gasteiger partial charge is 0.464 e. The molecule has 2 aromatic rings. The van der Waals surface area contributed by atoms with Gasteiger partial charge < -0.3 is 10.1 Å². The summed E-state index contributed by atoms with van der Waals surface area (Å²) in [5.74, 6) is 1.04. The van der Waals surface area contributed by atoms with Gasteiger partial charge in [-0.05, 0) is 13.3 Å². The van der Waals surface area contributed by atoms with Crippen LogP contribution in [0, 0.1) is 0 Å². The number of rotatable bonds is 6. The minimum absolute atomic E-state index is 0.320. The lowest BCUT2D eigenvalue weighted by atomic mass is 10.3. The summed E-state index contributed by atoms with van der Waals surface area (Å²) in [6.07, 6.45) is 4.71. The normalized spacial score (nSPS) is 10.5. The molecule has 7 heteroatoms. The van der Waals surface area contributed by atoms with E-state index in [4.69, 9.17) is 4.74 Å². The molecule has 19 heavy (non-hydrogen) atoms. The van der Waals surface area contributed by atoms with Gasteiger partial charge >= 0.3 is 6.01 Å². The van der Waals surface area contributed by atoms with Crippen LogP contribution in [-0.2, 0) is 6.54 Å². The Balaban J connectivity index is 2.33. The van der Waals surface area contributed by atoms with Crippen molar-refractivity contribution in [2.45, 2.75) is 26.8 Å². The highest BCUT2D eigenvalue weighted by Crippen LogP contribution is 2.18. The topological polar surface area (TPSA) is 77.8 Å². The molecule has 2 rings (SSSR count). The lowest BCUT2D eigenvalue weighted by Crippen LogP contribution is -2.05. The lowest BCUT2D eigenvalue weighted by molar-refractivity contribution is 0.312. The van der Waals surface area contributed by atoms with Gasteiger partial charge in [-0.3, -0.25) is 4.68 Å². The molecule has 2 heterocycles. The maximum absolute atomic E-state index is 5.34. The summed E-state index contributed by atoms with van der Waals surface area (Å²) in [6, 6.07) is 0.320. The fraction of sp³-hybridized carbons (Fsp3) is 0.500. The average Bonchev–Trinajstić information content (AvgIpc) is 2.88. The molecule has 0 aromatic carbocycles. The molecule has 1 N–H and O–H groups in total. The Hall–Kier alpha value is -2.18. The van der Waals surface area contributed by atoms with Crippen LogP contribution in [0.25, 0.3) is 11.4 Å². The zero-order valence-electron chi connectivity index (χ0n) is 11.4. The maximum atomic E-state index is 5.34. The molecule has 0 saturated heterocycles. The van der Waals surface area contributed by atoms with Crippen molar-refractivity contribution in [2.24, 2.45) is 0 Å². The molecule has 0 saturated carbocycles. The zero-order valence-corrected chi connectivity index (χ0v) is 11.4. The summed E-state index contributed by atoms with van der Waals surface area (Å²) in [5.41, 5.74) is 0.855. The van der Waals surface area contributed by atoms with Crippen molar-refractivity contribution in [3.8, 4) is 17.4 Å². The van der Waals surface area contributed by atoms with Crippen LogP contribution in [0.1, 0.15) is 20.3 Å². The first-order chi connectivity index (χ1) is 9.26. The minimum Gasteiger partial charge on any atom is -0.464 e. The number of nitrogens with zero attached hydrogens (tertiary/aromatic N) is 5. The van der Waals surface area contributed by atoms with Gasteiger partial charge in [-0.1, -0.05) is 6.92 Å². The number of aryl methyl sites for hydroxylation is 1. The summed E-state index contributed by atoms with van der Waals surface area (Å²) < 4.78 is 7.21. The van der Waals surface area contributed by atoms with E-state index >= 15 is 0 Å². The number of aromatic nitrogens is 5. The molecule has 0 fully saturated rings. The Labute approximate surface area is 112 Å². The summed E-state index contributed by atoms with van der Waals surface area (Å²) in [4.78, 5) is 12.7. The average molecular weight is 262 g/mol. The number of hydrogen-bond donors (Lipinski definition) is 1. The lowest BCUT2D eigenvalue weighted by Gasteiger charge is -2.05. The van der Waals surface area contributed by atoms with Crippen molar-refractivity contribution in [3.63, 3.8) is 0 Å². The Morgan fingerprint density at radius 2 is 2.11 bits per heavy atom. The van der Waals surface area contributed by atoms with Gasteiger partial charge in [-0.25, -0.2) is 0 Å². The molecule has 7 nitrogen and oxygen atoms in total. The standard InChI is InChI=1S/C12H18N6O/c1-4-6-18-8-9(7-14-18)10-15-11(13-3)17-12(16-10)19-5-2/h7-8H,4-6H2,1-3H3,(H,13,15,16,17). The second-order valence-corrected chi connectivity index (χ2v) is 3.94. The predicted octanol–water partition coefficient (Wildman–Crippen LogP) is 1.59. The van der Waals surface area contributed by atoms with Gasteiger partial charge in [0.15, 0.2) is 5.82 Å². The number of nitrogens with one attached hydrogen (secondary N) is 1. The molecule has 0 bridgehead atoms. The van der Waals surface area contributed by atoms with Crippen molar-refractivity contribution in [2.75, 3.05) is 19.0 Å². The van der Waals surface area contributed by atoms with E-state index in [0.29, 0.717) is 24.4 Å². The van der Waals surface area contributed by atoms with Crippen molar-refractivity contribution in [1.82, 2.24) is 24.7 Å². The fourth-order valence-electron chi connectivity index (χ4n) is 1.62. The summed E-state index contributed by atoms with van der Waals surface area (Å²) in [5, 5.41) is 7.17. The molecule has 0 aliphatic carbocycles. The van der Waals surface area contributed by atoms with Crippen LogP contribution >= 0.6 is 0 Å². The molecular weight excluding hydrogens is 244 g/mol. The SMILES string of the molecule is CCCn1cc(-c2nc(NC)nc(OCC)n2)cn1. The first-order valence-corrected chi connectivity index (χ1v) is 6.36. The van der Waals surface area contributed by atoms with E-state index in [1.54, 1.807) is 13.2 Å². The van der Waals surface area contributed by atoms with E-state index in [2.05, 4.69) is 32.3 Å². The van der Waals surface area contributed by atoms with Gasteiger partial charge in [0, 0.05) is 19.8 Å². The van der Waals surface area contributed by atoms with E-state index in [9.17, 15) is 0 Å². The summed E-state index contributed by atoms with van der Waals surface area (Å²) in [6.45, 7) is 5.39. The molecule has 0 radical (unpaired) electrons. The number of ether oxygens (including phenoxy) is 1. The second kappa shape index (κ2) is 6.12. The number of anilines is 1. The van der Waals surface area contributed by atoms with Crippen molar-refractivity contribution < 1.29 is 4.74 Å². The molecule has 2 aromatic heterocycles. The molecular formula is C12H18N6O. The van der Waals surface area contributed by atoms with E-state index in [-0.39, 0.29) is 0 Å². The first kappa shape index (κ1) is 13.3. The maximum Gasteiger partial charge on any atom is 0.321 e. The van der Waals surface area contributed by atoms with Gasteiger partial charge in [-0.2, -0.15) is 20.1 Å². The predicted molar refractivity (Wildman–Crippen MR) is 72.1 cm³/mol. The van der Waals surface area contributed by atoms with Crippen molar-refractivity contribution >= 4 is 5.95 Å². The Kier molecular flexibility index (Phi) is 4.27. The van der Waals surface area contributed by atoms with Crippen LogP contribution < -0.4 is 10.1 Å². The summed E-state index contributed by atoms with van der Waals surface area (Å²) in [7, 11) is 1.76. The molecule has 102 valence electrons. The minimum atomic E-state index is 0.320. The third kappa shape index (κ3) is 3.18. The smallest absolute Gasteiger partial charge is 0.321 e. The molecule has 0 aliphatic rings. The van der Waals surface area contributed by atoms with E-state index in [1.807, 2.05) is 17.8 Å². The highest BCUT2D eigenvalue weighted by Gasteiger charge is 2.10. The van der Waals surface area contributed by atoms with Crippen LogP contribution in [-0.4, -0.2) is 38.4 Å². The first-order valence-electron chi connectivity index (χ1n) is 6.36. The van der Waals surface area contributed by atoms with E-state index in [1.165, 1.54) is 0 Å². The van der Waals surface area contributed by atoms with Gasteiger partial charge in [0.1, 0.15) is 0 Å². The zero-order chi connectivity index (χ0) is 13.7. The quantitative estimate of drug-likeness (QED) is 0.851. The van der Waals surface area contributed by atoms with Crippen LogP contribution in [0.3, 0.4) is 0 Å². The van der Waals surface area contributed by atoms with Gasteiger partial charge in [-0.15, -0.1) is 0 Å². The van der Waals surface area contributed by atoms with Crippen molar-refractivity contribution in [1.29, 1.82) is 0 Å². The van der Waals surface area contributed by atoms with Crippen molar-refractivity contribution in [3.05, 3.63) is 12.4 Å². The van der Waals surface area contributed by atoms with Crippen LogP contribution in [0.5, 0.6) is 6.01 Å². The second-order valence-electron chi connectivity index (χ2n) is 3.94. The molecule has 0 amide bonds. The highest BCUT2D eigenvalue weighted by atomic mass is 16.5. The molecule has 0 spiro atoms. The van der Waals surface area contributed by atoms with Gasteiger partial charge in [0.25, 0.3) is 0 Å². The fourth-order valence-corrected chi connectivity index (χ4v) is 1.62. The Bertz CT molecular complexity index is 539. The Morgan fingerprint density at radius 1 is 1.26 bits per heavy atom.